The van der Waals surface area contributed by atoms with Crippen LogP contribution in [0.3, 0.4) is 0 Å². The summed E-state index contributed by atoms with van der Waals surface area (Å²) in [6, 6.07) is 1.76. The normalized spacial score (nSPS) is 18.1. The highest BCUT2D eigenvalue weighted by Crippen LogP contribution is 2.37. The lowest BCUT2D eigenvalue weighted by atomic mass is 10.0. The lowest BCUT2D eigenvalue weighted by Gasteiger charge is -2.23. The van der Waals surface area contributed by atoms with Crippen molar-refractivity contribution in [3.63, 3.8) is 0 Å². The molecular formula is C17H23N3O3. The highest BCUT2D eigenvalue weighted by Gasteiger charge is 2.36. The SMILES string of the molecule is CCc1onc(C)c1C1CCCN1C(=O)c1cc(C(C)C)no1. The van der Waals surface area contributed by atoms with Crippen molar-refractivity contribution in [2.75, 3.05) is 6.54 Å². The third-order valence-corrected chi connectivity index (χ3v) is 4.48. The molecule has 0 N–H and O–H groups in total. The average Bonchev–Trinajstić information content (AvgIpc) is 3.25. The van der Waals surface area contributed by atoms with E-state index >= 15 is 0 Å². The largest absolute Gasteiger partial charge is 0.361 e. The molecular weight excluding hydrogens is 294 g/mol. The Labute approximate surface area is 135 Å². The second-order valence-electron chi connectivity index (χ2n) is 6.39. The molecule has 1 atom stereocenters. The number of likely N-dealkylation sites (tertiary alicyclic amines) is 1. The molecule has 6 heteroatoms. The van der Waals surface area contributed by atoms with Gasteiger partial charge in [0.1, 0.15) is 5.76 Å². The van der Waals surface area contributed by atoms with Gasteiger partial charge in [0.25, 0.3) is 5.91 Å². The van der Waals surface area contributed by atoms with E-state index in [-0.39, 0.29) is 17.9 Å². The van der Waals surface area contributed by atoms with Gasteiger partial charge in [-0.3, -0.25) is 4.79 Å². The smallest absolute Gasteiger partial charge is 0.292 e. The zero-order valence-electron chi connectivity index (χ0n) is 14.1. The Kier molecular flexibility index (Phi) is 4.24. The highest BCUT2D eigenvalue weighted by atomic mass is 16.5. The van der Waals surface area contributed by atoms with Crippen molar-refractivity contribution in [3.8, 4) is 0 Å². The molecule has 2 aromatic heterocycles. The van der Waals surface area contributed by atoms with Crippen molar-refractivity contribution in [1.82, 2.24) is 15.2 Å². The van der Waals surface area contributed by atoms with Gasteiger partial charge >= 0.3 is 0 Å². The standard InChI is InChI=1S/C17H23N3O3/c1-5-14-16(11(4)18-22-14)13-7-6-8-20(13)17(21)15-9-12(10(2)3)19-23-15/h9-10,13H,5-8H2,1-4H3. The fourth-order valence-corrected chi connectivity index (χ4v) is 3.22. The summed E-state index contributed by atoms with van der Waals surface area (Å²) in [5.74, 6) is 1.32. The number of aryl methyl sites for hydroxylation is 2. The van der Waals surface area contributed by atoms with Crippen LogP contribution in [0.5, 0.6) is 0 Å². The lowest BCUT2D eigenvalue weighted by Crippen LogP contribution is -2.30. The molecule has 1 amide bonds. The first kappa shape index (κ1) is 15.8. The number of hydrogen-bond acceptors (Lipinski definition) is 5. The number of carbonyl (C=O) groups is 1. The van der Waals surface area contributed by atoms with Crippen molar-refractivity contribution in [2.45, 2.75) is 58.9 Å². The van der Waals surface area contributed by atoms with Crippen LogP contribution in [0.15, 0.2) is 15.1 Å². The van der Waals surface area contributed by atoms with E-state index in [0.717, 1.165) is 48.5 Å². The number of nitrogens with zero attached hydrogens (tertiary/aromatic N) is 3. The monoisotopic (exact) mass is 317 g/mol. The number of hydrogen-bond donors (Lipinski definition) is 0. The summed E-state index contributed by atoms with van der Waals surface area (Å²) < 4.78 is 10.7. The second-order valence-corrected chi connectivity index (χ2v) is 6.39. The minimum atomic E-state index is -0.102. The summed E-state index contributed by atoms with van der Waals surface area (Å²) in [7, 11) is 0. The fourth-order valence-electron chi connectivity index (χ4n) is 3.22. The van der Waals surface area contributed by atoms with Crippen LogP contribution < -0.4 is 0 Å². The molecule has 0 bridgehead atoms. The van der Waals surface area contributed by atoms with Gasteiger partial charge in [0, 0.05) is 24.6 Å². The lowest BCUT2D eigenvalue weighted by molar-refractivity contribution is 0.0692. The van der Waals surface area contributed by atoms with Gasteiger partial charge in [-0.15, -0.1) is 0 Å². The first-order valence-electron chi connectivity index (χ1n) is 8.25. The van der Waals surface area contributed by atoms with Gasteiger partial charge in [0.15, 0.2) is 0 Å². The average molecular weight is 317 g/mol. The zero-order chi connectivity index (χ0) is 16.6. The van der Waals surface area contributed by atoms with Gasteiger partial charge < -0.3 is 13.9 Å². The molecule has 1 unspecified atom stereocenters. The number of rotatable bonds is 4. The van der Waals surface area contributed by atoms with Crippen LogP contribution in [0.25, 0.3) is 0 Å². The van der Waals surface area contributed by atoms with Crippen molar-refractivity contribution in [1.29, 1.82) is 0 Å². The Balaban J connectivity index is 1.88. The van der Waals surface area contributed by atoms with Crippen LogP contribution in [0.1, 0.15) is 78.8 Å². The molecule has 3 rings (SSSR count). The Morgan fingerprint density at radius 3 is 2.83 bits per heavy atom. The Morgan fingerprint density at radius 2 is 2.17 bits per heavy atom. The summed E-state index contributed by atoms with van der Waals surface area (Å²) in [6.45, 7) is 8.74. The molecule has 0 aromatic carbocycles. The Bertz CT molecular complexity index is 702. The summed E-state index contributed by atoms with van der Waals surface area (Å²) >= 11 is 0. The summed E-state index contributed by atoms with van der Waals surface area (Å²) in [4.78, 5) is 14.7. The minimum absolute atomic E-state index is 0.0105. The van der Waals surface area contributed by atoms with Crippen molar-refractivity contribution < 1.29 is 13.8 Å². The van der Waals surface area contributed by atoms with Gasteiger partial charge in [0.05, 0.1) is 17.4 Å². The molecule has 1 aliphatic rings. The van der Waals surface area contributed by atoms with Gasteiger partial charge in [-0.1, -0.05) is 31.1 Å². The molecule has 124 valence electrons. The summed E-state index contributed by atoms with van der Waals surface area (Å²) in [5, 5.41) is 8.07. The van der Waals surface area contributed by atoms with Gasteiger partial charge in [0.2, 0.25) is 5.76 Å². The maximum absolute atomic E-state index is 12.8. The summed E-state index contributed by atoms with van der Waals surface area (Å²) in [6.07, 6.45) is 2.66. The molecule has 2 aromatic rings. The van der Waals surface area contributed by atoms with Gasteiger partial charge in [-0.2, -0.15) is 0 Å². The number of aromatic nitrogens is 2. The topological polar surface area (TPSA) is 72.4 Å². The third-order valence-electron chi connectivity index (χ3n) is 4.48. The van der Waals surface area contributed by atoms with E-state index in [1.807, 2.05) is 32.6 Å². The molecule has 0 saturated carbocycles. The first-order chi connectivity index (χ1) is 11.0. The molecule has 1 saturated heterocycles. The van der Waals surface area contributed by atoms with Crippen LogP contribution >= 0.6 is 0 Å². The Hall–Kier alpha value is -2.11. The van der Waals surface area contributed by atoms with Crippen LogP contribution in [-0.4, -0.2) is 27.7 Å². The van der Waals surface area contributed by atoms with Gasteiger partial charge in [-0.05, 0) is 25.7 Å². The van der Waals surface area contributed by atoms with Gasteiger partial charge in [-0.25, -0.2) is 0 Å². The van der Waals surface area contributed by atoms with E-state index in [1.165, 1.54) is 0 Å². The number of amides is 1. The van der Waals surface area contributed by atoms with E-state index in [2.05, 4.69) is 10.3 Å². The van der Waals surface area contributed by atoms with Crippen LogP contribution in [0, 0.1) is 6.92 Å². The van der Waals surface area contributed by atoms with Crippen LogP contribution in [0.4, 0.5) is 0 Å². The molecule has 0 spiro atoms. The predicted octanol–water partition coefficient (Wildman–Crippen LogP) is 3.63. The second kappa shape index (κ2) is 6.18. The molecule has 3 heterocycles. The summed E-state index contributed by atoms with van der Waals surface area (Å²) in [5.41, 5.74) is 2.73. The quantitative estimate of drug-likeness (QED) is 0.861. The first-order valence-corrected chi connectivity index (χ1v) is 8.25. The maximum Gasteiger partial charge on any atom is 0.292 e. The molecule has 0 radical (unpaired) electrons. The van der Waals surface area contributed by atoms with E-state index in [9.17, 15) is 4.79 Å². The highest BCUT2D eigenvalue weighted by molar-refractivity contribution is 5.92. The predicted molar refractivity (Wildman–Crippen MR) is 84.2 cm³/mol. The third kappa shape index (κ3) is 2.78. The molecule has 1 fully saturated rings. The molecule has 23 heavy (non-hydrogen) atoms. The Morgan fingerprint density at radius 1 is 1.39 bits per heavy atom. The minimum Gasteiger partial charge on any atom is -0.361 e. The van der Waals surface area contributed by atoms with E-state index in [4.69, 9.17) is 9.05 Å². The van der Waals surface area contributed by atoms with Crippen LogP contribution in [0.2, 0.25) is 0 Å². The molecule has 1 aliphatic heterocycles. The fraction of sp³-hybridized carbons (Fsp3) is 0.588. The maximum atomic E-state index is 12.8. The van der Waals surface area contributed by atoms with E-state index in [0.29, 0.717) is 5.76 Å². The molecule has 6 nitrogen and oxygen atoms in total. The van der Waals surface area contributed by atoms with Crippen molar-refractivity contribution >= 4 is 5.91 Å². The number of carbonyl (C=O) groups excluding carboxylic acids is 1. The zero-order valence-corrected chi connectivity index (χ0v) is 14.1. The van der Waals surface area contributed by atoms with E-state index < -0.39 is 0 Å². The van der Waals surface area contributed by atoms with Crippen LogP contribution in [-0.2, 0) is 6.42 Å². The van der Waals surface area contributed by atoms with E-state index in [1.54, 1.807) is 6.07 Å². The van der Waals surface area contributed by atoms with Crippen molar-refractivity contribution in [2.24, 2.45) is 0 Å². The molecule has 0 aliphatic carbocycles. The van der Waals surface area contributed by atoms with Crippen molar-refractivity contribution in [3.05, 3.63) is 34.5 Å².